The van der Waals surface area contributed by atoms with E-state index in [0.29, 0.717) is 0 Å². The minimum absolute atomic E-state index is 0. The van der Waals surface area contributed by atoms with Gasteiger partial charge in [0.25, 0.3) is 0 Å². The first-order chi connectivity index (χ1) is 15.6. The molecule has 0 amide bonds. The van der Waals surface area contributed by atoms with Gasteiger partial charge in [-0.2, -0.15) is 0 Å². The van der Waals surface area contributed by atoms with Crippen LogP contribution >= 0.6 is 46.9 Å². The van der Waals surface area contributed by atoms with Gasteiger partial charge in [0.05, 0.1) is 0 Å². The summed E-state index contributed by atoms with van der Waals surface area (Å²) in [7, 11) is -36.1. The van der Waals surface area contributed by atoms with E-state index in [2.05, 4.69) is 27.1 Å². The van der Waals surface area contributed by atoms with Gasteiger partial charge in [0.1, 0.15) is 36.6 Å². The molecule has 0 aromatic heterocycles. The second-order valence-electron chi connectivity index (χ2n) is 6.36. The molecule has 0 aliphatic heterocycles. The first-order valence-electron chi connectivity index (χ1n) is 8.01. The molecule has 0 bridgehead atoms. The maximum Gasteiger partial charge on any atom is 0.470 e. The SMILES string of the molecule is O=P(O)(O)OC1C(OP(=O)(O)O)C(OP(=O)(O)O)C(OP(=O)(O)O)C(OP(=O)(O)O)C1OP(=O)(O)O.[K]. The number of phosphoric acid groups is 6. The molecule has 1 radical (unpaired) electrons. The predicted molar refractivity (Wildman–Crippen MR) is 107 cm³/mol. The number of hydrogen-bond acceptors (Lipinski definition) is 12. The third kappa shape index (κ3) is 15.9. The van der Waals surface area contributed by atoms with Gasteiger partial charge >= 0.3 is 46.9 Å². The molecule has 217 valence electrons. The predicted octanol–water partition coefficient (Wildman–Crippen LogP) is -3.51. The third-order valence-electron chi connectivity index (χ3n) is 3.50. The molecule has 0 aromatic carbocycles. The van der Waals surface area contributed by atoms with Crippen molar-refractivity contribution >= 4 is 98.3 Å². The van der Waals surface area contributed by atoms with Crippen LogP contribution in [-0.4, -0.2) is 147 Å². The Kier molecular flexibility index (Phi) is 14.6. The van der Waals surface area contributed by atoms with Crippen LogP contribution in [0.5, 0.6) is 0 Å². The minimum Gasteiger partial charge on any atom is -0.303 e. The molecule has 31 heteroatoms. The second kappa shape index (κ2) is 13.7. The monoisotopic (exact) mass is 699 g/mol. The van der Waals surface area contributed by atoms with Crippen molar-refractivity contribution < 1.29 is 113 Å². The molecule has 37 heavy (non-hydrogen) atoms. The summed E-state index contributed by atoms with van der Waals surface area (Å²) in [6.45, 7) is 0. The smallest absolute Gasteiger partial charge is 0.303 e. The molecule has 0 heterocycles. The van der Waals surface area contributed by atoms with Crippen molar-refractivity contribution in [2.45, 2.75) is 36.6 Å². The molecule has 1 aliphatic carbocycles. The Hall–Kier alpha value is 2.30. The quantitative estimate of drug-likeness (QED) is 0.0694. The molecule has 0 unspecified atom stereocenters. The number of phosphoric ester groups is 6. The van der Waals surface area contributed by atoms with Gasteiger partial charge in [-0.05, 0) is 0 Å². The normalized spacial score (nSPS) is 28.5. The summed E-state index contributed by atoms with van der Waals surface area (Å²) in [6.07, 6.45) is -18.9. The summed E-state index contributed by atoms with van der Waals surface area (Å²) >= 11 is 0. The van der Waals surface area contributed by atoms with Gasteiger partial charge in [-0.15, -0.1) is 0 Å². The van der Waals surface area contributed by atoms with Crippen LogP contribution in [0.2, 0.25) is 0 Å². The Morgan fingerprint density at radius 3 is 0.432 bits per heavy atom. The number of hydrogen-bond donors (Lipinski definition) is 12. The first-order valence-corrected chi connectivity index (χ1v) is 17.2. The molecule has 0 spiro atoms. The van der Waals surface area contributed by atoms with Crippen LogP contribution in [0.25, 0.3) is 0 Å². The molecule has 0 aromatic rings. The van der Waals surface area contributed by atoms with E-state index in [-0.39, 0.29) is 51.4 Å². The van der Waals surface area contributed by atoms with E-state index in [9.17, 15) is 27.4 Å². The average molecular weight is 699 g/mol. The molecule has 24 nitrogen and oxygen atoms in total. The zero-order valence-electron chi connectivity index (χ0n) is 17.4. The Balaban J connectivity index is 0.0000130. The minimum atomic E-state index is -6.02. The number of rotatable bonds is 12. The van der Waals surface area contributed by atoms with Gasteiger partial charge in [-0.3, -0.25) is 27.1 Å². The van der Waals surface area contributed by atoms with Crippen molar-refractivity contribution in [2.75, 3.05) is 0 Å². The van der Waals surface area contributed by atoms with Crippen LogP contribution < -0.4 is 0 Å². The van der Waals surface area contributed by atoms with Crippen LogP contribution in [0, 0.1) is 0 Å². The van der Waals surface area contributed by atoms with E-state index in [1.807, 2.05) is 0 Å². The summed E-state index contributed by atoms with van der Waals surface area (Å²) < 4.78 is 93.1. The van der Waals surface area contributed by atoms with E-state index in [1.165, 1.54) is 0 Å². The summed E-state index contributed by atoms with van der Waals surface area (Å²) in [5.41, 5.74) is 0. The van der Waals surface area contributed by atoms with E-state index in [1.54, 1.807) is 0 Å². The van der Waals surface area contributed by atoms with Gasteiger partial charge in [0.2, 0.25) is 0 Å². The van der Waals surface area contributed by atoms with Crippen LogP contribution in [0.1, 0.15) is 0 Å². The van der Waals surface area contributed by atoms with Gasteiger partial charge < -0.3 is 58.7 Å². The molecular weight excluding hydrogens is 681 g/mol. The molecule has 1 aliphatic rings. The van der Waals surface area contributed by atoms with Gasteiger partial charge in [0.15, 0.2) is 0 Å². The van der Waals surface area contributed by atoms with E-state index in [0.717, 1.165) is 0 Å². The van der Waals surface area contributed by atoms with E-state index in [4.69, 9.17) is 58.7 Å². The van der Waals surface area contributed by atoms with Crippen LogP contribution in [0.4, 0.5) is 0 Å². The first kappa shape index (κ1) is 39.3. The third-order valence-corrected chi connectivity index (χ3v) is 6.61. The van der Waals surface area contributed by atoms with E-state index >= 15 is 0 Å². The maximum atomic E-state index is 11.4. The fraction of sp³-hybridized carbons (Fsp3) is 1.00. The Morgan fingerprint density at radius 1 is 0.297 bits per heavy atom. The van der Waals surface area contributed by atoms with Crippen molar-refractivity contribution in [1.82, 2.24) is 0 Å². The van der Waals surface area contributed by atoms with Gasteiger partial charge in [-0.25, -0.2) is 27.4 Å². The van der Waals surface area contributed by atoms with Crippen molar-refractivity contribution in [2.24, 2.45) is 0 Å². The molecule has 1 saturated carbocycles. The summed E-state index contributed by atoms with van der Waals surface area (Å²) in [6, 6.07) is 0. The standard InChI is InChI=1S/C6H18O24P6.K/c7-31(8,9)25-1-2(26-32(10,11)12)4(28-34(16,17)18)6(30-36(22,23)24)5(29-35(19,20)21)3(1)27-33(13,14)15;/h1-6H,(H2,7,8,9)(H2,10,11,12)(H2,13,14,15)(H2,16,17,18)(H2,19,20,21)(H2,22,23,24);. The summed E-state index contributed by atoms with van der Waals surface area (Å²) in [5.74, 6) is 0. The van der Waals surface area contributed by atoms with Crippen LogP contribution in [0.15, 0.2) is 0 Å². The molecule has 0 saturated heterocycles. The molecule has 1 fully saturated rings. The van der Waals surface area contributed by atoms with Crippen molar-refractivity contribution in [1.29, 1.82) is 0 Å². The van der Waals surface area contributed by atoms with Crippen molar-refractivity contribution in [3.63, 3.8) is 0 Å². The van der Waals surface area contributed by atoms with Crippen LogP contribution in [0.3, 0.4) is 0 Å². The van der Waals surface area contributed by atoms with Crippen LogP contribution in [-0.2, 0) is 54.5 Å². The van der Waals surface area contributed by atoms with E-state index < -0.39 is 83.6 Å². The topological polar surface area (TPSA) is 401 Å². The van der Waals surface area contributed by atoms with Gasteiger partial charge in [-0.1, -0.05) is 0 Å². The molecule has 12 N–H and O–H groups in total. The fourth-order valence-electron chi connectivity index (χ4n) is 2.79. The zero-order valence-corrected chi connectivity index (χ0v) is 25.9. The Labute approximate surface area is 246 Å². The summed E-state index contributed by atoms with van der Waals surface area (Å²) in [4.78, 5) is 110. The Morgan fingerprint density at radius 2 is 0.378 bits per heavy atom. The Bertz CT molecular complexity index is 824. The largest absolute Gasteiger partial charge is 0.470 e. The fourth-order valence-corrected chi connectivity index (χ4v) is 6.14. The molecule has 1 rings (SSSR count). The molecule has 0 atom stereocenters. The van der Waals surface area contributed by atoms with Gasteiger partial charge in [0, 0.05) is 51.4 Å². The molecular formula is C6H18KO24P6. The second-order valence-corrected chi connectivity index (χ2v) is 13.5. The van der Waals surface area contributed by atoms with Crippen molar-refractivity contribution in [3.05, 3.63) is 0 Å². The van der Waals surface area contributed by atoms with Crippen molar-refractivity contribution in [3.8, 4) is 0 Å². The summed E-state index contributed by atoms with van der Waals surface area (Å²) in [5, 5.41) is 0. The maximum absolute atomic E-state index is 11.4. The zero-order chi connectivity index (χ0) is 28.7. The average Bonchev–Trinajstić information content (AvgIpc) is 2.51.